The van der Waals surface area contributed by atoms with Gasteiger partial charge in [-0.15, -0.1) is 0 Å². The third kappa shape index (κ3) is 6.25. The molecule has 0 atom stereocenters. The van der Waals surface area contributed by atoms with E-state index in [2.05, 4.69) is 5.32 Å². The first-order chi connectivity index (χ1) is 15.7. The number of esters is 1. The molecule has 1 N–H and O–H groups in total. The van der Waals surface area contributed by atoms with Crippen molar-refractivity contribution in [1.29, 1.82) is 0 Å². The van der Waals surface area contributed by atoms with Crippen molar-refractivity contribution in [2.24, 2.45) is 0 Å². The fraction of sp³-hybridized carbons (Fsp3) is 0.391. The maximum absolute atomic E-state index is 12.9. The summed E-state index contributed by atoms with van der Waals surface area (Å²) in [6.45, 7) is -0.507. The molecule has 0 spiro atoms. The van der Waals surface area contributed by atoms with Gasteiger partial charge in [0.05, 0.1) is 22.6 Å². The molecule has 178 valence electrons. The van der Waals surface area contributed by atoms with Crippen LogP contribution in [0, 0.1) is 0 Å². The summed E-state index contributed by atoms with van der Waals surface area (Å²) in [5, 5.41) is 2.90. The number of methoxy groups -OCH3 is 1. The van der Waals surface area contributed by atoms with Gasteiger partial charge in [0.15, 0.2) is 6.61 Å². The third-order valence-electron chi connectivity index (χ3n) is 5.63. The molecule has 0 bridgehead atoms. The number of ether oxygens (including phenoxy) is 2. The molecular weight excluding hydrogens is 468 g/mol. The number of anilines is 1. The van der Waals surface area contributed by atoms with Crippen molar-refractivity contribution in [3.63, 3.8) is 0 Å². The summed E-state index contributed by atoms with van der Waals surface area (Å²) in [6.07, 6.45) is 4.88. The van der Waals surface area contributed by atoms with Crippen LogP contribution in [0.25, 0.3) is 0 Å². The number of benzene rings is 2. The lowest BCUT2D eigenvalue weighted by molar-refractivity contribution is -0.119. The molecule has 0 radical (unpaired) electrons. The Bertz CT molecular complexity index is 1100. The molecule has 0 heterocycles. The first-order valence-electron chi connectivity index (χ1n) is 10.6. The van der Waals surface area contributed by atoms with Gasteiger partial charge < -0.3 is 14.8 Å². The summed E-state index contributed by atoms with van der Waals surface area (Å²) < 4.78 is 37.3. The second kappa shape index (κ2) is 11.0. The van der Waals surface area contributed by atoms with Crippen LogP contribution in [0.4, 0.5) is 5.69 Å². The Morgan fingerprint density at radius 2 is 1.76 bits per heavy atom. The smallest absolute Gasteiger partial charge is 0.338 e. The summed E-state index contributed by atoms with van der Waals surface area (Å²) in [4.78, 5) is 24.5. The van der Waals surface area contributed by atoms with Gasteiger partial charge in [0, 0.05) is 18.8 Å². The molecule has 2 aromatic rings. The Labute approximate surface area is 198 Å². The number of sulfonamides is 1. The largest absolute Gasteiger partial charge is 0.495 e. The molecule has 8 nitrogen and oxygen atoms in total. The van der Waals surface area contributed by atoms with E-state index in [1.165, 1.54) is 41.7 Å². The number of amides is 1. The molecule has 33 heavy (non-hydrogen) atoms. The van der Waals surface area contributed by atoms with E-state index < -0.39 is 28.5 Å². The molecule has 1 saturated carbocycles. The van der Waals surface area contributed by atoms with Crippen LogP contribution in [0.2, 0.25) is 5.02 Å². The highest BCUT2D eigenvalue weighted by atomic mass is 35.5. The molecule has 10 heteroatoms. The number of halogens is 1. The van der Waals surface area contributed by atoms with Crippen LogP contribution in [0.1, 0.15) is 42.5 Å². The summed E-state index contributed by atoms with van der Waals surface area (Å²) in [5.41, 5.74) is 0.577. The van der Waals surface area contributed by atoms with Crippen LogP contribution in [-0.4, -0.2) is 51.4 Å². The molecule has 0 saturated heterocycles. The van der Waals surface area contributed by atoms with Gasteiger partial charge in [0.25, 0.3) is 5.91 Å². The van der Waals surface area contributed by atoms with Crippen molar-refractivity contribution in [2.75, 3.05) is 26.1 Å². The molecular formula is C23H27ClN2O6S. The molecule has 1 aliphatic rings. The lowest BCUT2D eigenvalue weighted by Crippen LogP contribution is -2.38. The Balaban J connectivity index is 1.56. The number of nitrogens with zero attached hydrogens (tertiary/aromatic N) is 1. The van der Waals surface area contributed by atoms with Crippen molar-refractivity contribution < 1.29 is 27.5 Å². The van der Waals surface area contributed by atoms with Gasteiger partial charge in [0.1, 0.15) is 5.75 Å². The number of carbonyl (C=O) groups excluding carboxylic acids is 2. The van der Waals surface area contributed by atoms with Crippen LogP contribution >= 0.6 is 11.6 Å². The fourth-order valence-corrected chi connectivity index (χ4v) is 5.40. The van der Waals surface area contributed by atoms with E-state index in [0.717, 1.165) is 32.1 Å². The minimum Gasteiger partial charge on any atom is -0.495 e. The van der Waals surface area contributed by atoms with Gasteiger partial charge in [0.2, 0.25) is 10.0 Å². The SMILES string of the molecule is COc1ccc(NC(=O)COC(=O)c2ccc(S(=O)(=O)N(C)C3CCCCC3)cc2)cc1Cl. The summed E-state index contributed by atoms with van der Waals surface area (Å²) in [7, 11) is -0.571. The normalized spacial score (nSPS) is 14.7. The maximum atomic E-state index is 12.9. The van der Waals surface area contributed by atoms with Crippen LogP contribution in [0.3, 0.4) is 0 Å². The topological polar surface area (TPSA) is 102 Å². The van der Waals surface area contributed by atoms with E-state index in [9.17, 15) is 18.0 Å². The van der Waals surface area contributed by atoms with E-state index in [4.69, 9.17) is 21.1 Å². The molecule has 0 aliphatic heterocycles. The first kappa shape index (κ1) is 25.0. The van der Waals surface area contributed by atoms with Gasteiger partial charge in [-0.25, -0.2) is 13.2 Å². The zero-order chi connectivity index (χ0) is 24.0. The van der Waals surface area contributed by atoms with Crippen LogP contribution in [0.5, 0.6) is 5.75 Å². The van der Waals surface area contributed by atoms with Gasteiger partial charge in [-0.2, -0.15) is 4.31 Å². The van der Waals surface area contributed by atoms with Crippen molar-refractivity contribution in [3.8, 4) is 5.75 Å². The predicted molar refractivity (Wildman–Crippen MR) is 125 cm³/mol. The zero-order valence-electron chi connectivity index (χ0n) is 18.5. The molecule has 1 amide bonds. The summed E-state index contributed by atoms with van der Waals surface area (Å²) in [6, 6.07) is 10.2. The second-order valence-electron chi connectivity index (χ2n) is 7.81. The maximum Gasteiger partial charge on any atom is 0.338 e. The molecule has 1 aliphatic carbocycles. The van der Waals surface area contributed by atoms with Crippen LogP contribution < -0.4 is 10.1 Å². The second-order valence-corrected chi connectivity index (χ2v) is 10.2. The summed E-state index contributed by atoms with van der Waals surface area (Å²) in [5.74, 6) is -0.808. The van der Waals surface area contributed by atoms with Crippen LogP contribution in [0.15, 0.2) is 47.4 Å². The predicted octanol–water partition coefficient (Wildman–Crippen LogP) is 4.10. The van der Waals surface area contributed by atoms with E-state index in [0.29, 0.717) is 16.5 Å². The lowest BCUT2D eigenvalue weighted by Gasteiger charge is -2.30. The average Bonchev–Trinajstić information content (AvgIpc) is 2.82. The highest BCUT2D eigenvalue weighted by Gasteiger charge is 2.29. The zero-order valence-corrected chi connectivity index (χ0v) is 20.1. The number of nitrogens with one attached hydrogen (secondary N) is 1. The Morgan fingerprint density at radius 1 is 1.09 bits per heavy atom. The van der Waals surface area contributed by atoms with Gasteiger partial charge in [-0.05, 0) is 55.3 Å². The van der Waals surface area contributed by atoms with Gasteiger partial charge >= 0.3 is 5.97 Å². The molecule has 3 rings (SSSR count). The number of hydrogen-bond donors (Lipinski definition) is 1. The third-order valence-corrected chi connectivity index (χ3v) is 7.85. The van der Waals surface area contributed by atoms with Crippen molar-refractivity contribution in [3.05, 3.63) is 53.1 Å². The van der Waals surface area contributed by atoms with Crippen molar-refractivity contribution >= 4 is 39.2 Å². The average molecular weight is 495 g/mol. The van der Waals surface area contributed by atoms with Gasteiger partial charge in [-0.3, -0.25) is 4.79 Å². The Kier molecular flexibility index (Phi) is 8.34. The first-order valence-corrected chi connectivity index (χ1v) is 12.4. The molecule has 0 aromatic heterocycles. The van der Waals surface area contributed by atoms with E-state index in [1.807, 2.05) is 0 Å². The molecule has 2 aromatic carbocycles. The monoisotopic (exact) mass is 494 g/mol. The standard InChI is InChI=1S/C23H27ClN2O6S/c1-26(18-6-4-3-5-7-18)33(29,30)19-11-8-16(9-12-19)23(28)32-15-22(27)25-17-10-13-21(31-2)20(24)14-17/h8-14,18H,3-7,15H2,1-2H3,(H,25,27). The highest BCUT2D eigenvalue weighted by molar-refractivity contribution is 7.89. The highest BCUT2D eigenvalue weighted by Crippen LogP contribution is 2.28. The van der Waals surface area contributed by atoms with Crippen molar-refractivity contribution in [2.45, 2.75) is 43.0 Å². The number of carbonyl (C=O) groups is 2. The minimum absolute atomic E-state index is 0.00696. The number of rotatable bonds is 8. The Morgan fingerprint density at radius 3 is 2.36 bits per heavy atom. The van der Waals surface area contributed by atoms with E-state index >= 15 is 0 Å². The molecule has 0 unspecified atom stereocenters. The molecule has 1 fully saturated rings. The van der Waals surface area contributed by atoms with Gasteiger partial charge in [-0.1, -0.05) is 30.9 Å². The minimum atomic E-state index is -3.65. The quantitative estimate of drug-likeness (QED) is 0.554. The lowest BCUT2D eigenvalue weighted by atomic mass is 9.96. The van der Waals surface area contributed by atoms with E-state index in [1.54, 1.807) is 19.2 Å². The summed E-state index contributed by atoms with van der Waals surface area (Å²) >= 11 is 6.02. The number of hydrogen-bond acceptors (Lipinski definition) is 6. The fourth-order valence-electron chi connectivity index (χ4n) is 3.73. The van der Waals surface area contributed by atoms with Crippen molar-refractivity contribution in [1.82, 2.24) is 4.31 Å². The Hall–Kier alpha value is -2.62. The van der Waals surface area contributed by atoms with E-state index in [-0.39, 0.29) is 16.5 Å². The van der Waals surface area contributed by atoms with Crippen LogP contribution in [-0.2, 0) is 19.6 Å².